The average Bonchev–Trinajstić information content (AvgIpc) is 2.25. The fraction of sp³-hybridized carbons (Fsp3) is 0.417. The molecule has 4 heteroatoms. The Kier molecular flexibility index (Phi) is 4.24. The summed E-state index contributed by atoms with van der Waals surface area (Å²) in [5.41, 5.74) is 8.27. The minimum atomic E-state index is 0.198. The molecule has 0 bridgehead atoms. The molecule has 0 heterocycles. The van der Waals surface area contributed by atoms with Crippen LogP contribution in [0.1, 0.15) is 31.9 Å². The van der Waals surface area contributed by atoms with Crippen molar-refractivity contribution < 1.29 is 0 Å². The zero-order chi connectivity index (χ0) is 12.2. The van der Waals surface area contributed by atoms with Gasteiger partial charge in [-0.15, -0.1) is 0 Å². The summed E-state index contributed by atoms with van der Waals surface area (Å²) in [5, 5.41) is 3.83. The Morgan fingerprint density at radius 3 is 2.25 bits per heavy atom. The molecule has 0 amide bonds. The predicted octanol–water partition coefficient (Wildman–Crippen LogP) is 2.41. The van der Waals surface area contributed by atoms with Crippen molar-refractivity contribution in [1.82, 2.24) is 0 Å². The number of hydrogen-bond donors (Lipinski definition) is 2. The van der Waals surface area contributed by atoms with Crippen LogP contribution in [-0.2, 0) is 11.2 Å². The lowest BCUT2D eigenvalue weighted by atomic mass is 9.87. The quantitative estimate of drug-likeness (QED) is 0.359. The van der Waals surface area contributed by atoms with Crippen molar-refractivity contribution in [2.75, 3.05) is 0 Å². The second-order valence-corrected chi connectivity index (χ2v) is 5.70. The van der Waals surface area contributed by atoms with Gasteiger partial charge in [-0.1, -0.05) is 56.8 Å². The number of nitrogens with zero attached hydrogens (tertiary/aromatic N) is 1. The van der Waals surface area contributed by atoms with Crippen LogP contribution in [0.25, 0.3) is 0 Å². The van der Waals surface area contributed by atoms with Crippen LogP contribution in [0.2, 0.25) is 0 Å². The Morgan fingerprint density at radius 2 is 1.81 bits per heavy atom. The van der Waals surface area contributed by atoms with Gasteiger partial charge in [0.2, 0.25) is 0 Å². The molecular formula is C12H19N3S. The third kappa shape index (κ3) is 3.77. The molecule has 4 N–H and O–H groups in total. The van der Waals surface area contributed by atoms with Crippen LogP contribution in [0.15, 0.2) is 29.4 Å². The molecule has 0 unspecified atom stereocenters. The SMILES string of the molecule is CC(C)(C)c1ccc(CSC(N)=NN)cc1. The summed E-state index contributed by atoms with van der Waals surface area (Å²) < 4.78 is 0. The Balaban J connectivity index is 2.65. The highest BCUT2D eigenvalue weighted by Crippen LogP contribution is 2.23. The minimum absolute atomic E-state index is 0.198. The van der Waals surface area contributed by atoms with Crippen molar-refractivity contribution in [1.29, 1.82) is 0 Å². The largest absolute Gasteiger partial charge is 0.377 e. The molecule has 0 saturated heterocycles. The minimum Gasteiger partial charge on any atom is -0.377 e. The summed E-state index contributed by atoms with van der Waals surface area (Å²) in [5.74, 6) is 5.86. The first-order valence-corrected chi connectivity index (χ1v) is 6.17. The summed E-state index contributed by atoms with van der Waals surface area (Å²) >= 11 is 1.45. The summed E-state index contributed by atoms with van der Waals surface area (Å²) in [6.45, 7) is 6.61. The average molecular weight is 237 g/mol. The van der Waals surface area contributed by atoms with Gasteiger partial charge < -0.3 is 11.6 Å². The van der Waals surface area contributed by atoms with Gasteiger partial charge >= 0.3 is 0 Å². The van der Waals surface area contributed by atoms with E-state index in [-0.39, 0.29) is 5.41 Å². The molecule has 0 radical (unpaired) electrons. The fourth-order valence-corrected chi connectivity index (χ4v) is 1.88. The van der Waals surface area contributed by atoms with Crippen LogP contribution in [0.3, 0.4) is 0 Å². The van der Waals surface area contributed by atoms with Crippen molar-refractivity contribution in [3.05, 3.63) is 35.4 Å². The van der Waals surface area contributed by atoms with E-state index in [9.17, 15) is 0 Å². The molecule has 0 aromatic heterocycles. The lowest BCUT2D eigenvalue weighted by molar-refractivity contribution is 0.590. The van der Waals surface area contributed by atoms with Gasteiger partial charge in [0.25, 0.3) is 0 Å². The number of amidine groups is 1. The van der Waals surface area contributed by atoms with E-state index in [1.165, 1.54) is 22.9 Å². The van der Waals surface area contributed by atoms with Gasteiger partial charge in [-0.05, 0) is 16.5 Å². The van der Waals surface area contributed by atoms with Crippen LogP contribution < -0.4 is 11.6 Å². The van der Waals surface area contributed by atoms with Gasteiger partial charge in [0.1, 0.15) is 0 Å². The number of rotatable bonds is 2. The molecule has 0 aliphatic heterocycles. The molecular weight excluding hydrogens is 218 g/mol. The number of hydrazone groups is 1. The lowest BCUT2D eigenvalue weighted by Gasteiger charge is -2.19. The molecule has 0 spiro atoms. The van der Waals surface area contributed by atoms with E-state index in [0.29, 0.717) is 5.17 Å². The van der Waals surface area contributed by atoms with Crippen molar-refractivity contribution in [2.24, 2.45) is 16.7 Å². The van der Waals surface area contributed by atoms with Crippen LogP contribution in [0.4, 0.5) is 0 Å². The fourth-order valence-electron chi connectivity index (χ4n) is 1.30. The van der Waals surface area contributed by atoms with E-state index in [0.717, 1.165) is 5.75 Å². The van der Waals surface area contributed by atoms with Gasteiger partial charge in [-0.2, -0.15) is 5.10 Å². The van der Waals surface area contributed by atoms with Gasteiger partial charge in [-0.25, -0.2) is 0 Å². The predicted molar refractivity (Wildman–Crippen MR) is 72.2 cm³/mol. The normalized spacial score (nSPS) is 12.8. The lowest BCUT2D eigenvalue weighted by Crippen LogP contribution is -2.11. The first-order chi connectivity index (χ1) is 7.43. The zero-order valence-corrected chi connectivity index (χ0v) is 10.8. The van der Waals surface area contributed by atoms with Crippen molar-refractivity contribution in [2.45, 2.75) is 31.9 Å². The molecule has 88 valence electrons. The molecule has 1 aromatic rings. The van der Waals surface area contributed by atoms with Crippen LogP contribution in [0, 0.1) is 0 Å². The Bertz CT molecular complexity index is 363. The third-order valence-electron chi connectivity index (χ3n) is 2.33. The summed E-state index contributed by atoms with van der Waals surface area (Å²) in [6, 6.07) is 8.56. The number of thioether (sulfide) groups is 1. The smallest absolute Gasteiger partial charge is 0.177 e. The van der Waals surface area contributed by atoms with Crippen molar-refractivity contribution in [3.8, 4) is 0 Å². The maximum absolute atomic E-state index is 5.51. The van der Waals surface area contributed by atoms with E-state index < -0.39 is 0 Å². The first-order valence-electron chi connectivity index (χ1n) is 5.19. The Hall–Kier alpha value is -1.16. The monoisotopic (exact) mass is 237 g/mol. The van der Waals surface area contributed by atoms with E-state index >= 15 is 0 Å². The molecule has 0 aliphatic rings. The Morgan fingerprint density at radius 1 is 1.25 bits per heavy atom. The highest BCUT2D eigenvalue weighted by atomic mass is 32.2. The molecule has 3 nitrogen and oxygen atoms in total. The second-order valence-electron chi connectivity index (χ2n) is 4.70. The number of nitrogens with two attached hydrogens (primary N) is 2. The van der Waals surface area contributed by atoms with Crippen LogP contribution in [0.5, 0.6) is 0 Å². The van der Waals surface area contributed by atoms with E-state index in [4.69, 9.17) is 11.6 Å². The molecule has 0 aliphatic carbocycles. The summed E-state index contributed by atoms with van der Waals surface area (Å²) in [7, 11) is 0. The van der Waals surface area contributed by atoms with Gasteiger partial charge in [0.15, 0.2) is 5.17 Å². The Labute approximate surface area is 101 Å². The van der Waals surface area contributed by atoms with Gasteiger partial charge in [0.05, 0.1) is 0 Å². The van der Waals surface area contributed by atoms with E-state index in [2.05, 4.69) is 50.1 Å². The zero-order valence-electron chi connectivity index (χ0n) is 10.0. The topological polar surface area (TPSA) is 64.4 Å². The molecule has 0 saturated carbocycles. The van der Waals surface area contributed by atoms with Gasteiger partial charge in [0, 0.05) is 5.75 Å². The molecule has 0 fully saturated rings. The molecule has 0 atom stereocenters. The highest BCUT2D eigenvalue weighted by Gasteiger charge is 2.12. The highest BCUT2D eigenvalue weighted by molar-refractivity contribution is 8.13. The number of hydrogen-bond acceptors (Lipinski definition) is 3. The summed E-state index contributed by atoms with van der Waals surface area (Å²) in [4.78, 5) is 0. The maximum atomic E-state index is 5.51. The second kappa shape index (κ2) is 5.25. The molecule has 1 aromatic carbocycles. The van der Waals surface area contributed by atoms with Crippen molar-refractivity contribution in [3.63, 3.8) is 0 Å². The van der Waals surface area contributed by atoms with E-state index in [1.807, 2.05) is 0 Å². The van der Waals surface area contributed by atoms with E-state index in [1.54, 1.807) is 0 Å². The van der Waals surface area contributed by atoms with Gasteiger partial charge in [-0.3, -0.25) is 0 Å². The molecule has 16 heavy (non-hydrogen) atoms. The third-order valence-corrected chi connectivity index (χ3v) is 3.21. The molecule has 1 rings (SSSR count). The van der Waals surface area contributed by atoms with Crippen LogP contribution in [-0.4, -0.2) is 5.17 Å². The first kappa shape index (κ1) is 12.9. The number of benzene rings is 1. The van der Waals surface area contributed by atoms with Crippen LogP contribution >= 0.6 is 11.8 Å². The maximum Gasteiger partial charge on any atom is 0.177 e. The standard InChI is InChI=1S/C12H19N3S/c1-12(2,3)10-6-4-9(5-7-10)8-16-11(13)15-14/h4-7H,8,14H2,1-3H3,(H2,13,15). The summed E-state index contributed by atoms with van der Waals surface area (Å²) in [6.07, 6.45) is 0. The van der Waals surface area contributed by atoms with Crippen molar-refractivity contribution >= 4 is 16.9 Å².